The van der Waals surface area contributed by atoms with Crippen molar-refractivity contribution in [3.63, 3.8) is 0 Å². The van der Waals surface area contributed by atoms with Crippen LogP contribution in [0.4, 0.5) is 11.4 Å². The van der Waals surface area contributed by atoms with Gasteiger partial charge in [-0.2, -0.15) is 5.10 Å². The molecule has 1 aromatic carbocycles. The first-order chi connectivity index (χ1) is 9.13. The molecule has 0 spiro atoms. The fourth-order valence-corrected chi connectivity index (χ4v) is 2.44. The molecule has 2 rings (SSSR count). The Labute approximate surface area is 115 Å². The molecule has 0 aliphatic rings. The van der Waals surface area contributed by atoms with Crippen LogP contribution in [0.2, 0.25) is 0 Å². The maximum Gasteiger partial charge on any atom is 0.0672 e. The van der Waals surface area contributed by atoms with Crippen LogP contribution in [0.15, 0.2) is 18.3 Å². The molecular formula is C15H24N4. The second-order valence-electron chi connectivity index (χ2n) is 5.36. The highest BCUT2D eigenvalue weighted by Gasteiger charge is 2.14. The maximum absolute atomic E-state index is 6.21. The molecule has 19 heavy (non-hydrogen) atoms. The summed E-state index contributed by atoms with van der Waals surface area (Å²) < 4.78 is 0. The largest absolute Gasteiger partial charge is 0.397 e. The smallest absolute Gasteiger partial charge is 0.0672 e. The fourth-order valence-electron chi connectivity index (χ4n) is 2.44. The Bertz CT molecular complexity index is 530. The standard InChI is InChI=1S/C15H24N4/c1-4-5-6-7-19(11(2)3)15-9-14-12(8-13(15)16)10-17-18-14/h8-11H,4-7,16H2,1-3H3,(H,17,18). The second kappa shape index (κ2) is 5.95. The Hall–Kier alpha value is -1.71. The van der Waals surface area contributed by atoms with Crippen LogP contribution in [0.5, 0.6) is 0 Å². The lowest BCUT2D eigenvalue weighted by atomic mass is 10.1. The highest BCUT2D eigenvalue weighted by molar-refractivity contribution is 5.89. The third-order valence-electron chi connectivity index (χ3n) is 3.52. The summed E-state index contributed by atoms with van der Waals surface area (Å²) in [5, 5.41) is 8.15. The molecule has 4 nitrogen and oxygen atoms in total. The molecule has 0 radical (unpaired) electrons. The normalized spacial score (nSPS) is 11.4. The molecule has 0 unspecified atom stereocenters. The quantitative estimate of drug-likeness (QED) is 0.617. The summed E-state index contributed by atoms with van der Waals surface area (Å²) in [7, 11) is 0. The zero-order valence-electron chi connectivity index (χ0n) is 12.1. The monoisotopic (exact) mass is 260 g/mol. The molecule has 3 N–H and O–H groups in total. The van der Waals surface area contributed by atoms with E-state index in [-0.39, 0.29) is 0 Å². The van der Waals surface area contributed by atoms with Crippen LogP contribution in [-0.4, -0.2) is 22.8 Å². The lowest BCUT2D eigenvalue weighted by Crippen LogP contribution is -2.32. The highest BCUT2D eigenvalue weighted by Crippen LogP contribution is 2.29. The van der Waals surface area contributed by atoms with Crippen molar-refractivity contribution in [2.45, 2.75) is 46.1 Å². The van der Waals surface area contributed by atoms with E-state index in [0.29, 0.717) is 6.04 Å². The minimum Gasteiger partial charge on any atom is -0.397 e. The van der Waals surface area contributed by atoms with Gasteiger partial charge >= 0.3 is 0 Å². The summed E-state index contributed by atoms with van der Waals surface area (Å²) in [5.74, 6) is 0. The summed E-state index contributed by atoms with van der Waals surface area (Å²) in [6.45, 7) is 7.70. The van der Waals surface area contributed by atoms with Crippen molar-refractivity contribution in [1.29, 1.82) is 0 Å². The number of nitrogens with zero attached hydrogens (tertiary/aromatic N) is 2. The van der Waals surface area contributed by atoms with Gasteiger partial charge in [0.2, 0.25) is 0 Å². The van der Waals surface area contributed by atoms with Crippen LogP contribution >= 0.6 is 0 Å². The molecule has 0 aliphatic carbocycles. The van der Waals surface area contributed by atoms with Gasteiger partial charge in [-0.15, -0.1) is 0 Å². The van der Waals surface area contributed by atoms with Gasteiger partial charge < -0.3 is 10.6 Å². The number of aromatic nitrogens is 2. The zero-order chi connectivity index (χ0) is 13.8. The molecule has 0 saturated heterocycles. The first kappa shape index (κ1) is 13.7. The lowest BCUT2D eigenvalue weighted by molar-refractivity contribution is 0.627. The Kier molecular flexibility index (Phi) is 4.30. The second-order valence-corrected chi connectivity index (χ2v) is 5.36. The number of benzene rings is 1. The molecule has 0 fully saturated rings. The van der Waals surface area contributed by atoms with Gasteiger partial charge in [0, 0.05) is 18.0 Å². The van der Waals surface area contributed by atoms with Crippen LogP contribution in [0, 0.1) is 0 Å². The summed E-state index contributed by atoms with van der Waals surface area (Å²) in [4.78, 5) is 2.38. The van der Waals surface area contributed by atoms with Gasteiger partial charge in [-0.05, 0) is 32.4 Å². The van der Waals surface area contributed by atoms with Crippen molar-refractivity contribution in [3.05, 3.63) is 18.3 Å². The minimum atomic E-state index is 0.444. The first-order valence-corrected chi connectivity index (χ1v) is 7.12. The number of rotatable bonds is 6. The molecule has 0 bridgehead atoms. The Morgan fingerprint density at radius 1 is 1.32 bits per heavy atom. The third kappa shape index (κ3) is 3.00. The number of H-pyrrole nitrogens is 1. The summed E-state index contributed by atoms with van der Waals surface area (Å²) >= 11 is 0. The first-order valence-electron chi connectivity index (χ1n) is 7.12. The van der Waals surface area contributed by atoms with Crippen LogP contribution in [0.3, 0.4) is 0 Å². The topological polar surface area (TPSA) is 57.9 Å². The predicted octanol–water partition coefficient (Wildman–Crippen LogP) is 3.55. The summed E-state index contributed by atoms with van der Waals surface area (Å²) in [6, 6.07) is 4.56. The molecule has 4 heteroatoms. The van der Waals surface area contributed by atoms with Gasteiger partial charge in [-0.25, -0.2) is 0 Å². The van der Waals surface area contributed by atoms with Crippen molar-refractivity contribution in [1.82, 2.24) is 10.2 Å². The van der Waals surface area contributed by atoms with Crippen molar-refractivity contribution in [2.75, 3.05) is 17.2 Å². The van der Waals surface area contributed by atoms with E-state index in [4.69, 9.17) is 5.73 Å². The average molecular weight is 260 g/mol. The van der Waals surface area contributed by atoms with E-state index < -0.39 is 0 Å². The molecule has 104 valence electrons. The van der Waals surface area contributed by atoms with Crippen LogP contribution in [-0.2, 0) is 0 Å². The van der Waals surface area contributed by atoms with Gasteiger partial charge in [0.15, 0.2) is 0 Å². The molecule has 0 aliphatic heterocycles. The summed E-state index contributed by atoms with van der Waals surface area (Å²) in [5.41, 5.74) is 9.20. The number of hydrogen-bond donors (Lipinski definition) is 2. The number of unbranched alkanes of at least 4 members (excludes halogenated alkanes) is 2. The van der Waals surface area contributed by atoms with Gasteiger partial charge in [0.1, 0.15) is 0 Å². The maximum atomic E-state index is 6.21. The molecule has 0 saturated carbocycles. The Balaban J connectivity index is 2.29. The van der Waals surface area contributed by atoms with Gasteiger partial charge in [0.05, 0.1) is 23.1 Å². The highest BCUT2D eigenvalue weighted by atomic mass is 15.2. The van der Waals surface area contributed by atoms with E-state index in [1.807, 2.05) is 12.3 Å². The Morgan fingerprint density at radius 2 is 2.11 bits per heavy atom. The van der Waals surface area contributed by atoms with E-state index in [1.54, 1.807) is 0 Å². The summed E-state index contributed by atoms with van der Waals surface area (Å²) in [6.07, 6.45) is 5.51. The van der Waals surface area contributed by atoms with E-state index in [1.165, 1.54) is 19.3 Å². The molecule has 1 heterocycles. The molecule has 0 amide bonds. The minimum absolute atomic E-state index is 0.444. The third-order valence-corrected chi connectivity index (χ3v) is 3.52. The van der Waals surface area contributed by atoms with E-state index in [0.717, 1.165) is 28.8 Å². The average Bonchev–Trinajstić information content (AvgIpc) is 2.80. The Morgan fingerprint density at radius 3 is 2.79 bits per heavy atom. The van der Waals surface area contributed by atoms with Crippen LogP contribution in [0.1, 0.15) is 40.0 Å². The van der Waals surface area contributed by atoms with E-state index in [9.17, 15) is 0 Å². The molecule has 0 atom stereocenters. The van der Waals surface area contributed by atoms with Crippen molar-refractivity contribution in [3.8, 4) is 0 Å². The number of hydrogen-bond acceptors (Lipinski definition) is 3. The molecular weight excluding hydrogens is 236 g/mol. The van der Waals surface area contributed by atoms with Crippen molar-refractivity contribution < 1.29 is 0 Å². The number of fused-ring (bicyclic) bond motifs is 1. The van der Waals surface area contributed by atoms with E-state index in [2.05, 4.69) is 41.9 Å². The van der Waals surface area contributed by atoms with E-state index >= 15 is 0 Å². The molecule has 2 aromatic rings. The fraction of sp³-hybridized carbons (Fsp3) is 0.533. The van der Waals surface area contributed by atoms with Crippen LogP contribution < -0.4 is 10.6 Å². The number of nitrogens with two attached hydrogens (primary N) is 1. The number of nitrogen functional groups attached to an aromatic ring is 1. The van der Waals surface area contributed by atoms with Crippen LogP contribution in [0.25, 0.3) is 10.9 Å². The number of anilines is 2. The zero-order valence-corrected chi connectivity index (χ0v) is 12.1. The molecule has 1 aromatic heterocycles. The predicted molar refractivity (Wildman–Crippen MR) is 82.5 cm³/mol. The van der Waals surface area contributed by atoms with Gasteiger partial charge in [0.25, 0.3) is 0 Å². The number of nitrogens with one attached hydrogen (secondary N) is 1. The van der Waals surface area contributed by atoms with Crippen molar-refractivity contribution in [2.24, 2.45) is 0 Å². The lowest BCUT2D eigenvalue weighted by Gasteiger charge is -2.30. The van der Waals surface area contributed by atoms with Crippen molar-refractivity contribution >= 4 is 22.3 Å². The van der Waals surface area contributed by atoms with Gasteiger partial charge in [-0.3, -0.25) is 5.10 Å². The van der Waals surface area contributed by atoms with Gasteiger partial charge in [-0.1, -0.05) is 19.8 Å². The SMILES string of the molecule is CCCCCN(c1cc2[nH]ncc2cc1N)C(C)C. The number of aromatic amines is 1.